The Kier molecular flexibility index (Phi) is 3.98. The number of aromatic nitrogens is 2. The van der Waals surface area contributed by atoms with Crippen LogP contribution in [0.5, 0.6) is 0 Å². The van der Waals surface area contributed by atoms with Gasteiger partial charge < -0.3 is 16.0 Å². The van der Waals surface area contributed by atoms with Crippen molar-refractivity contribution in [1.82, 2.24) is 14.9 Å². The third-order valence-corrected chi connectivity index (χ3v) is 5.28. The summed E-state index contributed by atoms with van der Waals surface area (Å²) in [6.45, 7) is 4.59. The van der Waals surface area contributed by atoms with E-state index in [1.165, 1.54) is 0 Å². The number of carbonyl (C=O) groups excluding carboxylic acids is 2. The van der Waals surface area contributed by atoms with Gasteiger partial charge in [0.2, 0.25) is 17.8 Å². The fourth-order valence-electron chi connectivity index (χ4n) is 4.07. The molecule has 0 fully saturated rings. The number of nitrogens with zero attached hydrogens (tertiary/aromatic N) is 2. The number of nitrogens with one attached hydrogen (secondary N) is 2. The molecule has 0 aliphatic carbocycles. The van der Waals surface area contributed by atoms with Crippen LogP contribution in [-0.2, 0) is 22.6 Å². The molecule has 0 saturated heterocycles. The van der Waals surface area contributed by atoms with Crippen molar-refractivity contribution in [3.05, 3.63) is 50.4 Å². The SMILES string of the molecule is Cc1cc(C)c2c(c1)NC(=O)C2CC(=O)N1CCc2c(nc(N)[nH]c2=O)C1. The number of aromatic amines is 1. The maximum atomic E-state index is 12.9. The van der Waals surface area contributed by atoms with Gasteiger partial charge in [0.1, 0.15) is 0 Å². The lowest BCUT2D eigenvalue weighted by molar-refractivity contribution is -0.134. The van der Waals surface area contributed by atoms with E-state index in [0.29, 0.717) is 24.2 Å². The summed E-state index contributed by atoms with van der Waals surface area (Å²) in [5.41, 5.74) is 10.2. The first-order valence-corrected chi connectivity index (χ1v) is 8.91. The summed E-state index contributed by atoms with van der Waals surface area (Å²) in [5, 5.41) is 2.88. The number of rotatable bonds is 2. The number of benzene rings is 1. The molecule has 2 aromatic rings. The molecule has 3 heterocycles. The molecule has 140 valence electrons. The van der Waals surface area contributed by atoms with Crippen LogP contribution in [0.25, 0.3) is 0 Å². The normalized spacial score (nSPS) is 18.1. The highest BCUT2D eigenvalue weighted by Gasteiger charge is 2.35. The van der Waals surface area contributed by atoms with Gasteiger partial charge in [0.15, 0.2) is 0 Å². The van der Waals surface area contributed by atoms with E-state index in [0.717, 1.165) is 22.4 Å². The monoisotopic (exact) mass is 367 g/mol. The number of nitrogen functional groups attached to an aromatic ring is 1. The summed E-state index contributed by atoms with van der Waals surface area (Å²) >= 11 is 0. The molecule has 0 saturated carbocycles. The van der Waals surface area contributed by atoms with Crippen molar-refractivity contribution >= 4 is 23.5 Å². The average molecular weight is 367 g/mol. The lowest BCUT2D eigenvalue weighted by Gasteiger charge is -2.28. The van der Waals surface area contributed by atoms with Crippen molar-refractivity contribution in [2.24, 2.45) is 0 Å². The van der Waals surface area contributed by atoms with E-state index in [-0.39, 0.29) is 36.3 Å². The summed E-state index contributed by atoms with van der Waals surface area (Å²) in [4.78, 5) is 45.6. The van der Waals surface area contributed by atoms with Gasteiger partial charge in [0, 0.05) is 24.2 Å². The Balaban J connectivity index is 1.56. The molecular weight excluding hydrogens is 346 g/mol. The Labute approximate surface area is 155 Å². The second-order valence-corrected chi connectivity index (χ2v) is 7.23. The molecule has 27 heavy (non-hydrogen) atoms. The first-order chi connectivity index (χ1) is 12.8. The highest BCUT2D eigenvalue weighted by Crippen LogP contribution is 2.38. The minimum atomic E-state index is -0.494. The highest BCUT2D eigenvalue weighted by molar-refractivity contribution is 6.05. The molecule has 1 aromatic heterocycles. The Bertz CT molecular complexity index is 1030. The van der Waals surface area contributed by atoms with Gasteiger partial charge in [-0.25, -0.2) is 4.98 Å². The van der Waals surface area contributed by atoms with E-state index in [4.69, 9.17) is 5.73 Å². The predicted octanol–water partition coefficient (Wildman–Crippen LogP) is 0.980. The van der Waals surface area contributed by atoms with E-state index in [2.05, 4.69) is 15.3 Å². The smallest absolute Gasteiger partial charge is 0.255 e. The number of anilines is 2. The maximum absolute atomic E-state index is 12.9. The zero-order valence-electron chi connectivity index (χ0n) is 15.3. The average Bonchev–Trinajstić information content (AvgIpc) is 2.89. The third-order valence-electron chi connectivity index (χ3n) is 5.28. The molecule has 2 amide bonds. The van der Waals surface area contributed by atoms with E-state index in [9.17, 15) is 14.4 Å². The molecule has 1 atom stereocenters. The first kappa shape index (κ1) is 17.3. The second-order valence-electron chi connectivity index (χ2n) is 7.23. The molecule has 0 spiro atoms. The summed E-state index contributed by atoms with van der Waals surface area (Å²) in [6, 6.07) is 3.95. The van der Waals surface area contributed by atoms with Crippen LogP contribution in [0.2, 0.25) is 0 Å². The predicted molar refractivity (Wildman–Crippen MR) is 100 cm³/mol. The van der Waals surface area contributed by atoms with Crippen LogP contribution in [0.1, 0.15) is 40.3 Å². The highest BCUT2D eigenvalue weighted by atomic mass is 16.2. The van der Waals surface area contributed by atoms with Gasteiger partial charge in [-0.1, -0.05) is 6.07 Å². The fourth-order valence-corrected chi connectivity index (χ4v) is 4.07. The van der Waals surface area contributed by atoms with E-state index >= 15 is 0 Å². The van der Waals surface area contributed by atoms with E-state index in [1.807, 2.05) is 26.0 Å². The minimum absolute atomic E-state index is 0.0446. The van der Waals surface area contributed by atoms with Crippen molar-refractivity contribution in [2.45, 2.75) is 39.2 Å². The first-order valence-electron chi connectivity index (χ1n) is 8.91. The van der Waals surface area contributed by atoms with Crippen LogP contribution >= 0.6 is 0 Å². The minimum Gasteiger partial charge on any atom is -0.369 e. The number of aryl methyl sites for hydroxylation is 2. The number of hydrogen-bond acceptors (Lipinski definition) is 5. The zero-order valence-corrected chi connectivity index (χ0v) is 15.3. The molecule has 8 nitrogen and oxygen atoms in total. The summed E-state index contributed by atoms with van der Waals surface area (Å²) in [6.07, 6.45) is 0.520. The molecular formula is C19H21N5O3. The molecule has 2 aliphatic rings. The van der Waals surface area contributed by atoms with Gasteiger partial charge in [-0.3, -0.25) is 19.4 Å². The van der Waals surface area contributed by atoms with E-state index < -0.39 is 5.92 Å². The molecule has 1 aromatic carbocycles. The third kappa shape index (κ3) is 2.97. The topological polar surface area (TPSA) is 121 Å². The maximum Gasteiger partial charge on any atom is 0.255 e. The van der Waals surface area contributed by atoms with Crippen molar-refractivity contribution in [1.29, 1.82) is 0 Å². The largest absolute Gasteiger partial charge is 0.369 e. The lowest BCUT2D eigenvalue weighted by Crippen LogP contribution is -2.40. The van der Waals surface area contributed by atoms with Crippen LogP contribution in [0.15, 0.2) is 16.9 Å². The van der Waals surface area contributed by atoms with Crippen LogP contribution in [0.3, 0.4) is 0 Å². The quantitative estimate of drug-likeness (QED) is 0.730. The molecule has 4 N–H and O–H groups in total. The van der Waals surface area contributed by atoms with Gasteiger partial charge in [-0.2, -0.15) is 0 Å². The van der Waals surface area contributed by atoms with E-state index in [1.54, 1.807) is 4.90 Å². The van der Waals surface area contributed by atoms with Gasteiger partial charge in [-0.15, -0.1) is 0 Å². The lowest BCUT2D eigenvalue weighted by atomic mass is 9.91. The number of nitrogens with two attached hydrogens (primary N) is 1. The van der Waals surface area contributed by atoms with Crippen molar-refractivity contribution in [3.63, 3.8) is 0 Å². The van der Waals surface area contributed by atoms with Gasteiger partial charge in [-0.05, 0) is 43.0 Å². The van der Waals surface area contributed by atoms with Crippen molar-refractivity contribution < 1.29 is 9.59 Å². The van der Waals surface area contributed by atoms with Crippen LogP contribution in [0, 0.1) is 13.8 Å². The number of amides is 2. The number of carbonyl (C=O) groups is 2. The number of fused-ring (bicyclic) bond motifs is 2. The number of H-pyrrole nitrogens is 1. The molecule has 0 bridgehead atoms. The van der Waals surface area contributed by atoms with Gasteiger partial charge in [0.25, 0.3) is 5.56 Å². The Morgan fingerprint density at radius 3 is 2.89 bits per heavy atom. The summed E-state index contributed by atoms with van der Waals surface area (Å²) in [5.74, 6) is -0.729. The molecule has 8 heteroatoms. The van der Waals surface area contributed by atoms with Crippen LogP contribution in [0.4, 0.5) is 11.6 Å². The molecule has 1 unspecified atom stereocenters. The second kappa shape index (κ2) is 6.22. The van der Waals surface area contributed by atoms with Gasteiger partial charge >= 0.3 is 0 Å². The number of hydrogen-bond donors (Lipinski definition) is 3. The fraction of sp³-hybridized carbons (Fsp3) is 0.368. The van der Waals surface area contributed by atoms with Crippen LogP contribution in [-0.4, -0.2) is 33.2 Å². The summed E-state index contributed by atoms with van der Waals surface area (Å²) in [7, 11) is 0. The van der Waals surface area contributed by atoms with Crippen LogP contribution < -0.4 is 16.6 Å². The Hall–Kier alpha value is -3.16. The Morgan fingerprint density at radius 2 is 2.11 bits per heavy atom. The molecule has 4 rings (SSSR count). The van der Waals surface area contributed by atoms with Gasteiger partial charge in [0.05, 0.1) is 18.2 Å². The van der Waals surface area contributed by atoms with Crippen molar-refractivity contribution in [2.75, 3.05) is 17.6 Å². The molecule has 2 aliphatic heterocycles. The molecule has 0 radical (unpaired) electrons. The van der Waals surface area contributed by atoms with Crippen molar-refractivity contribution in [3.8, 4) is 0 Å². The standard InChI is InChI=1S/C19H21N5O3/c1-9-5-10(2)16-12(18(27)21-13(16)6-9)7-15(25)24-4-3-11-14(8-24)22-19(20)23-17(11)26/h5-6,12H,3-4,7-8H2,1-2H3,(H,21,27)(H3,20,22,23,26). The summed E-state index contributed by atoms with van der Waals surface area (Å²) < 4.78 is 0. The Morgan fingerprint density at radius 1 is 1.33 bits per heavy atom. The zero-order chi connectivity index (χ0) is 19.3.